The molecule has 1 aliphatic heterocycles. The minimum Gasteiger partial charge on any atom is -0.368 e. The van der Waals surface area contributed by atoms with Crippen molar-refractivity contribution in [1.29, 1.82) is 0 Å². The van der Waals surface area contributed by atoms with Crippen molar-refractivity contribution in [1.82, 2.24) is 15.1 Å². The normalized spacial score (nSPS) is 20.4. The van der Waals surface area contributed by atoms with Gasteiger partial charge in [0.05, 0.1) is 6.54 Å². The summed E-state index contributed by atoms with van der Waals surface area (Å²) in [4.78, 5) is 11.5. The number of carbonyl (C=O) groups excluding carboxylic acids is 1. The summed E-state index contributed by atoms with van der Waals surface area (Å²) in [5.41, 5.74) is 0. The number of carbonyl (C=O) groups is 1. The molecule has 2 heterocycles. The number of nitrogens with zero attached hydrogens (tertiary/aromatic N) is 2. The summed E-state index contributed by atoms with van der Waals surface area (Å²) < 4.78 is 7.06. The van der Waals surface area contributed by atoms with Crippen LogP contribution in [0.4, 0.5) is 0 Å². The summed E-state index contributed by atoms with van der Waals surface area (Å²) in [6.07, 6.45) is 5.19. The maximum atomic E-state index is 11.5. The Bertz CT molecular complexity index is 304. The first-order valence-electron chi connectivity index (χ1n) is 5.23. The predicted octanol–water partition coefficient (Wildman–Crippen LogP) is 0.178. The number of hydrogen-bond donors (Lipinski definition) is 1. The van der Waals surface area contributed by atoms with Crippen LogP contribution in [0, 0.1) is 0 Å². The summed E-state index contributed by atoms with van der Waals surface area (Å²) in [6.45, 7) is 2.00. The Labute approximate surface area is 88.4 Å². The van der Waals surface area contributed by atoms with Gasteiger partial charge in [-0.05, 0) is 18.9 Å². The molecule has 0 aromatic carbocycles. The molecule has 1 aliphatic rings. The molecule has 1 amide bonds. The van der Waals surface area contributed by atoms with Crippen molar-refractivity contribution in [2.45, 2.75) is 25.5 Å². The van der Waals surface area contributed by atoms with E-state index >= 15 is 0 Å². The van der Waals surface area contributed by atoms with Crippen LogP contribution in [0.25, 0.3) is 0 Å². The lowest BCUT2D eigenvalue weighted by molar-refractivity contribution is -0.130. The molecule has 5 heteroatoms. The van der Waals surface area contributed by atoms with E-state index in [1.165, 1.54) is 0 Å². The van der Waals surface area contributed by atoms with E-state index in [1.807, 2.05) is 12.3 Å². The fraction of sp³-hybridized carbons (Fsp3) is 0.600. The average Bonchev–Trinajstić information content (AvgIpc) is 2.90. The van der Waals surface area contributed by atoms with Crippen molar-refractivity contribution in [3.8, 4) is 0 Å². The van der Waals surface area contributed by atoms with Gasteiger partial charge >= 0.3 is 0 Å². The van der Waals surface area contributed by atoms with Gasteiger partial charge in [0.15, 0.2) is 0 Å². The van der Waals surface area contributed by atoms with Gasteiger partial charge in [-0.1, -0.05) is 0 Å². The zero-order valence-electron chi connectivity index (χ0n) is 8.56. The molecule has 0 aliphatic carbocycles. The maximum Gasteiger partial charge on any atom is 0.249 e. The highest BCUT2D eigenvalue weighted by molar-refractivity contribution is 5.80. The van der Waals surface area contributed by atoms with E-state index in [1.54, 1.807) is 10.9 Å². The minimum absolute atomic E-state index is 0.000318. The Morgan fingerprint density at radius 2 is 2.60 bits per heavy atom. The summed E-state index contributed by atoms with van der Waals surface area (Å²) in [7, 11) is 0. The predicted molar refractivity (Wildman–Crippen MR) is 54.2 cm³/mol. The number of nitrogens with one attached hydrogen (secondary N) is 1. The topological polar surface area (TPSA) is 56.2 Å². The van der Waals surface area contributed by atoms with Crippen molar-refractivity contribution < 1.29 is 9.53 Å². The second-order valence-electron chi connectivity index (χ2n) is 3.56. The third-order valence-electron chi connectivity index (χ3n) is 2.42. The van der Waals surface area contributed by atoms with E-state index in [9.17, 15) is 4.79 Å². The van der Waals surface area contributed by atoms with Crippen LogP contribution < -0.4 is 5.32 Å². The first-order chi connectivity index (χ1) is 7.36. The molecule has 2 rings (SSSR count). The van der Waals surface area contributed by atoms with Crippen LogP contribution in [0.15, 0.2) is 18.5 Å². The molecule has 1 aromatic rings. The van der Waals surface area contributed by atoms with E-state index in [0.29, 0.717) is 19.7 Å². The fourth-order valence-electron chi connectivity index (χ4n) is 1.62. The fourth-order valence-corrected chi connectivity index (χ4v) is 1.62. The molecule has 0 saturated carbocycles. The van der Waals surface area contributed by atoms with Crippen LogP contribution >= 0.6 is 0 Å². The van der Waals surface area contributed by atoms with Crippen LogP contribution in [-0.4, -0.2) is 34.9 Å². The van der Waals surface area contributed by atoms with Gasteiger partial charge < -0.3 is 10.1 Å². The molecular weight excluding hydrogens is 194 g/mol. The van der Waals surface area contributed by atoms with Gasteiger partial charge in [-0.2, -0.15) is 5.10 Å². The summed E-state index contributed by atoms with van der Waals surface area (Å²) in [5.74, 6) is -0.000318. The van der Waals surface area contributed by atoms with Gasteiger partial charge in [0.1, 0.15) is 6.10 Å². The second-order valence-corrected chi connectivity index (χ2v) is 3.56. The molecule has 1 aromatic heterocycles. The molecule has 1 fully saturated rings. The van der Waals surface area contributed by atoms with Crippen LogP contribution in [-0.2, 0) is 16.1 Å². The monoisotopic (exact) mass is 209 g/mol. The zero-order chi connectivity index (χ0) is 10.5. The average molecular weight is 209 g/mol. The summed E-state index contributed by atoms with van der Waals surface area (Å²) >= 11 is 0. The molecule has 0 radical (unpaired) electrons. The SMILES string of the molecule is O=C(NCCn1cccn1)[C@H]1CCCO1. The van der Waals surface area contributed by atoms with Gasteiger partial charge in [-0.3, -0.25) is 9.48 Å². The molecule has 0 bridgehead atoms. The Balaban J connectivity index is 1.67. The van der Waals surface area contributed by atoms with E-state index in [4.69, 9.17) is 4.74 Å². The zero-order valence-corrected chi connectivity index (χ0v) is 8.56. The van der Waals surface area contributed by atoms with Gasteiger partial charge in [0.25, 0.3) is 0 Å². The molecule has 1 atom stereocenters. The van der Waals surface area contributed by atoms with Gasteiger partial charge in [-0.25, -0.2) is 0 Å². The number of hydrogen-bond acceptors (Lipinski definition) is 3. The minimum atomic E-state index is -0.234. The Morgan fingerprint density at radius 1 is 1.67 bits per heavy atom. The smallest absolute Gasteiger partial charge is 0.249 e. The van der Waals surface area contributed by atoms with E-state index in [-0.39, 0.29) is 12.0 Å². The number of amides is 1. The third kappa shape index (κ3) is 2.79. The lowest BCUT2D eigenvalue weighted by Gasteiger charge is -2.10. The molecular formula is C10H15N3O2. The summed E-state index contributed by atoms with van der Waals surface area (Å²) in [6, 6.07) is 1.86. The summed E-state index contributed by atoms with van der Waals surface area (Å²) in [5, 5.41) is 6.88. The largest absolute Gasteiger partial charge is 0.368 e. The number of ether oxygens (including phenoxy) is 1. The molecule has 1 N–H and O–H groups in total. The second kappa shape index (κ2) is 4.93. The highest BCUT2D eigenvalue weighted by atomic mass is 16.5. The van der Waals surface area contributed by atoms with Gasteiger partial charge in [0.2, 0.25) is 5.91 Å². The van der Waals surface area contributed by atoms with E-state index < -0.39 is 0 Å². The molecule has 0 spiro atoms. The van der Waals surface area contributed by atoms with Crippen molar-refractivity contribution in [2.75, 3.05) is 13.2 Å². The van der Waals surface area contributed by atoms with Crippen LogP contribution in [0.5, 0.6) is 0 Å². The van der Waals surface area contributed by atoms with Crippen LogP contribution in [0.1, 0.15) is 12.8 Å². The highest BCUT2D eigenvalue weighted by Crippen LogP contribution is 2.11. The van der Waals surface area contributed by atoms with Crippen LogP contribution in [0.3, 0.4) is 0 Å². The van der Waals surface area contributed by atoms with E-state index in [2.05, 4.69) is 10.4 Å². The van der Waals surface area contributed by atoms with Crippen molar-refractivity contribution in [3.05, 3.63) is 18.5 Å². The standard InChI is InChI=1S/C10H15N3O2/c14-10(9-3-1-8-15-9)11-5-7-13-6-2-4-12-13/h2,4,6,9H,1,3,5,7-8H2,(H,11,14)/t9-/m1/s1. The lowest BCUT2D eigenvalue weighted by atomic mass is 10.2. The van der Waals surface area contributed by atoms with E-state index in [0.717, 1.165) is 12.8 Å². The van der Waals surface area contributed by atoms with Crippen molar-refractivity contribution in [2.24, 2.45) is 0 Å². The highest BCUT2D eigenvalue weighted by Gasteiger charge is 2.22. The van der Waals surface area contributed by atoms with Crippen LogP contribution in [0.2, 0.25) is 0 Å². The number of aromatic nitrogens is 2. The van der Waals surface area contributed by atoms with Gasteiger partial charge in [0, 0.05) is 25.5 Å². The number of rotatable bonds is 4. The first-order valence-corrected chi connectivity index (χ1v) is 5.23. The third-order valence-corrected chi connectivity index (χ3v) is 2.42. The molecule has 82 valence electrons. The Hall–Kier alpha value is -1.36. The molecule has 1 saturated heterocycles. The van der Waals surface area contributed by atoms with Gasteiger partial charge in [-0.15, -0.1) is 0 Å². The van der Waals surface area contributed by atoms with Crippen molar-refractivity contribution in [3.63, 3.8) is 0 Å². The Kier molecular flexibility index (Phi) is 3.34. The Morgan fingerprint density at radius 3 is 3.27 bits per heavy atom. The molecule has 0 unspecified atom stereocenters. The lowest BCUT2D eigenvalue weighted by Crippen LogP contribution is -2.36. The molecule has 5 nitrogen and oxygen atoms in total. The molecule has 15 heavy (non-hydrogen) atoms. The first kappa shape index (κ1) is 10.2. The quantitative estimate of drug-likeness (QED) is 0.769. The van der Waals surface area contributed by atoms with Crippen molar-refractivity contribution >= 4 is 5.91 Å². The maximum absolute atomic E-state index is 11.5.